The molecular weight excluding hydrogens is 609 g/mol. The Morgan fingerprint density at radius 2 is 2.14 bits per heavy atom. The van der Waals surface area contributed by atoms with Crippen LogP contribution in [-0.2, 0) is 38.1 Å². The Morgan fingerprint density at radius 3 is 2.81 bits per heavy atom. The molecule has 2 saturated heterocycles. The second-order valence-corrected chi connectivity index (χ2v) is 12.9. The van der Waals surface area contributed by atoms with Crippen LogP contribution < -0.4 is 15.6 Å². The Morgan fingerprint density at radius 1 is 1.38 bits per heavy atom. The van der Waals surface area contributed by atoms with Gasteiger partial charge in [-0.15, -0.1) is 23.1 Å². The number of anilines is 1. The molecule has 3 aromatic rings. The number of amides is 2. The predicted octanol–water partition coefficient (Wildman–Crippen LogP) is -0.106. The molecule has 2 unspecified atom stereocenters. The molecule has 2 aliphatic heterocycles. The number of pyridine rings is 1. The second kappa shape index (κ2) is 11.4. The molecule has 2 aliphatic rings. The van der Waals surface area contributed by atoms with Gasteiger partial charge in [-0.25, -0.2) is 19.3 Å². The molecule has 0 bridgehead atoms. The molecule has 5 heterocycles. The fourth-order valence-corrected chi connectivity index (χ4v) is 7.85. The maximum Gasteiger partial charge on any atom is 0.347 e. The molecule has 2 fully saturated rings. The number of hydrogen-bond donors (Lipinski definition) is 4. The lowest BCUT2D eigenvalue weighted by atomic mass is 9.89. The van der Waals surface area contributed by atoms with Crippen molar-refractivity contribution >= 4 is 80.5 Å². The first-order valence-corrected chi connectivity index (χ1v) is 15.4. The number of hydrogen-bond acceptors (Lipinski definition) is 12. The average molecular weight is 636 g/mol. The monoisotopic (exact) mass is 635 g/mol. The van der Waals surface area contributed by atoms with Gasteiger partial charge in [0.25, 0.3) is 5.91 Å². The van der Waals surface area contributed by atoms with Crippen LogP contribution in [0.3, 0.4) is 0 Å². The lowest BCUT2D eigenvalue weighted by Crippen LogP contribution is -2.74. The minimum atomic E-state index is -1.34. The van der Waals surface area contributed by atoms with E-state index in [1.165, 1.54) is 40.7 Å². The Bertz CT molecular complexity index is 1620. The molecule has 0 aromatic carbocycles. The van der Waals surface area contributed by atoms with Gasteiger partial charge in [-0.2, -0.15) is 0 Å². The highest BCUT2D eigenvalue weighted by molar-refractivity contribution is 8.00. The molecule has 42 heavy (non-hydrogen) atoms. The highest BCUT2D eigenvalue weighted by Crippen LogP contribution is 2.44. The number of carboxylic acids is 2. The van der Waals surface area contributed by atoms with Gasteiger partial charge >= 0.3 is 11.9 Å². The zero-order valence-electron chi connectivity index (χ0n) is 22.6. The van der Waals surface area contributed by atoms with Crippen molar-refractivity contribution in [2.45, 2.75) is 29.6 Å². The maximum atomic E-state index is 13.1. The first kappa shape index (κ1) is 29.6. The minimum absolute atomic E-state index is 0.0279. The highest BCUT2D eigenvalue weighted by Gasteiger charge is 2.57. The number of β-lactam (4-membered cyclic amide) rings is 1. The van der Waals surface area contributed by atoms with E-state index < -0.39 is 46.7 Å². The smallest absolute Gasteiger partial charge is 0.347 e. The third-order valence-electron chi connectivity index (χ3n) is 6.91. The van der Waals surface area contributed by atoms with Crippen molar-refractivity contribution in [3.63, 3.8) is 0 Å². The van der Waals surface area contributed by atoms with Crippen LogP contribution in [0.25, 0.3) is 11.0 Å². The topological polar surface area (TPSA) is 206 Å². The number of carbonyl (C=O) groups is 4. The number of nitrogens with two attached hydrogens (primary N) is 1. The van der Waals surface area contributed by atoms with Crippen molar-refractivity contribution in [1.29, 1.82) is 0 Å². The average Bonchev–Trinajstić information content (AvgIpc) is 3.52. The summed E-state index contributed by atoms with van der Waals surface area (Å²) in [7, 11) is 3.76. The number of carboxylic acid groups (broad SMARTS) is 2. The summed E-state index contributed by atoms with van der Waals surface area (Å²) in [5.74, 6) is -3.16. The molecule has 15 nitrogen and oxygen atoms in total. The summed E-state index contributed by atoms with van der Waals surface area (Å²) in [6.07, 6.45) is 2.46. The van der Waals surface area contributed by atoms with Crippen LogP contribution in [0.15, 0.2) is 34.2 Å². The van der Waals surface area contributed by atoms with E-state index in [0.717, 1.165) is 22.4 Å². The highest BCUT2D eigenvalue weighted by atomic mass is 32.2. The van der Waals surface area contributed by atoms with Crippen LogP contribution in [0.4, 0.5) is 5.13 Å². The van der Waals surface area contributed by atoms with Gasteiger partial charge in [0.2, 0.25) is 12.0 Å². The zero-order chi connectivity index (χ0) is 30.3. The largest absolute Gasteiger partial charge is 0.481 e. The number of nitrogen functional groups attached to an aromatic ring is 1. The normalized spacial score (nSPS) is 22.8. The quantitative estimate of drug-likeness (QED) is 0.0757. The zero-order valence-corrected chi connectivity index (χ0v) is 25.0. The Labute approximate surface area is 251 Å². The number of aliphatic carboxylic acids is 2. The number of nitrogens with one attached hydrogen (secondary N) is 1. The molecule has 4 atom stereocenters. The van der Waals surface area contributed by atoms with Crippen LogP contribution in [-0.4, -0.2) is 94.7 Å². The molecule has 0 saturated carbocycles. The fraction of sp³-hybridized carbons (Fsp3) is 0.417. The third-order valence-corrected chi connectivity index (χ3v) is 10.5. The number of rotatable bonds is 10. The molecule has 2 amide bonds. The van der Waals surface area contributed by atoms with E-state index in [1.54, 1.807) is 0 Å². The van der Waals surface area contributed by atoms with Gasteiger partial charge in [-0.05, 0) is 6.92 Å². The summed E-state index contributed by atoms with van der Waals surface area (Å²) in [5.41, 5.74) is 5.88. The molecule has 18 heteroatoms. The summed E-state index contributed by atoms with van der Waals surface area (Å²) in [5, 5.41) is 27.4. The van der Waals surface area contributed by atoms with Gasteiger partial charge in [0.1, 0.15) is 29.6 Å². The molecule has 0 radical (unpaired) electrons. The van der Waals surface area contributed by atoms with Crippen molar-refractivity contribution in [3.8, 4) is 0 Å². The van der Waals surface area contributed by atoms with Crippen LogP contribution >= 0.6 is 34.9 Å². The van der Waals surface area contributed by atoms with Crippen molar-refractivity contribution < 1.29 is 38.8 Å². The van der Waals surface area contributed by atoms with E-state index in [1.807, 2.05) is 41.7 Å². The van der Waals surface area contributed by atoms with Crippen molar-refractivity contribution in [2.24, 2.45) is 24.7 Å². The van der Waals surface area contributed by atoms with Crippen molar-refractivity contribution in [1.82, 2.24) is 24.8 Å². The van der Waals surface area contributed by atoms with Crippen molar-refractivity contribution in [3.05, 3.63) is 29.5 Å². The number of carbonyl (C=O) groups excluding carboxylic acids is 2. The van der Waals surface area contributed by atoms with E-state index in [4.69, 9.17) is 15.7 Å². The van der Waals surface area contributed by atoms with E-state index >= 15 is 0 Å². The van der Waals surface area contributed by atoms with Gasteiger partial charge in [0, 0.05) is 36.5 Å². The molecule has 3 aromatic heterocycles. The number of fused-ring (bicyclic) bond motifs is 2. The van der Waals surface area contributed by atoms with Crippen LogP contribution in [0.5, 0.6) is 0 Å². The van der Waals surface area contributed by atoms with E-state index in [2.05, 4.69) is 20.4 Å². The maximum absolute atomic E-state index is 13.1. The summed E-state index contributed by atoms with van der Waals surface area (Å²) in [6.45, 7) is 1.21. The molecule has 222 valence electrons. The molecule has 5 rings (SSSR count). The van der Waals surface area contributed by atoms with Crippen LogP contribution in [0, 0.1) is 5.41 Å². The number of aromatic nitrogens is 4. The first-order valence-electron chi connectivity index (χ1n) is 12.5. The molecule has 0 aliphatic carbocycles. The lowest BCUT2D eigenvalue weighted by Gasteiger charge is -2.53. The predicted molar refractivity (Wildman–Crippen MR) is 154 cm³/mol. The number of nitrogens with zero attached hydrogens (tertiary/aromatic N) is 6. The molecule has 5 N–H and O–H groups in total. The Hall–Kier alpha value is -3.90. The summed E-state index contributed by atoms with van der Waals surface area (Å²) in [6, 6.07) is 0.993. The molecular formula is C24H27N8O7S3+. The third kappa shape index (κ3) is 5.48. The lowest BCUT2D eigenvalue weighted by molar-refractivity contribution is -0.670. The number of thiazole rings is 1. The standard InChI is InChI=1S/C24H26N8O7S3/c1-11(20(35)36)39-29-15(13-7-40-22(25)26-13)17(33)28-16-18(34)32-8-24(21(37)38,9-41-19(16)32)10-42-23-27-12-6-30(2)5-4-14(12)31(23)3/h4-7,11,16,19H,8-10H2,1-3H3,(H4-,25,26,28,33,35,36,37,38)/p+1/t11-,16?,19+,24?/m0/s1. The number of oxime groups is 1. The number of aryl methyl sites for hydroxylation is 2. The van der Waals surface area contributed by atoms with Gasteiger partial charge in [-0.3, -0.25) is 14.4 Å². The minimum Gasteiger partial charge on any atom is -0.481 e. The van der Waals surface area contributed by atoms with Gasteiger partial charge in [0.15, 0.2) is 33.9 Å². The number of imidazole rings is 1. The van der Waals surface area contributed by atoms with E-state index in [9.17, 15) is 24.3 Å². The SMILES string of the molecule is C[C@H](ON=C(C(=O)NC1C(=O)N2CC(CSc3nc4c[n+](C)ccc4n3C)(C(=O)O)CS[C@H]12)c1csc(N)n1)C(=O)O. The first-order chi connectivity index (χ1) is 19.9. The summed E-state index contributed by atoms with van der Waals surface area (Å²) in [4.78, 5) is 65.0. The van der Waals surface area contributed by atoms with Gasteiger partial charge < -0.3 is 35.6 Å². The van der Waals surface area contributed by atoms with Crippen LogP contribution in [0.2, 0.25) is 0 Å². The fourth-order valence-electron chi connectivity index (χ4n) is 4.45. The number of thioether (sulfide) groups is 2. The Kier molecular flexibility index (Phi) is 8.04. The van der Waals surface area contributed by atoms with Gasteiger partial charge in [0.05, 0.1) is 5.52 Å². The van der Waals surface area contributed by atoms with Crippen LogP contribution in [0.1, 0.15) is 12.6 Å². The Balaban J connectivity index is 1.28. The second-order valence-electron chi connectivity index (χ2n) is 9.92. The molecule has 0 spiro atoms. The van der Waals surface area contributed by atoms with Gasteiger partial charge in [-0.1, -0.05) is 16.9 Å². The summed E-state index contributed by atoms with van der Waals surface area (Å²) >= 11 is 3.63. The summed E-state index contributed by atoms with van der Waals surface area (Å²) < 4.78 is 3.79. The van der Waals surface area contributed by atoms with E-state index in [-0.39, 0.29) is 34.6 Å². The van der Waals surface area contributed by atoms with Crippen molar-refractivity contribution in [2.75, 3.05) is 23.8 Å². The van der Waals surface area contributed by atoms with E-state index in [0.29, 0.717) is 5.16 Å².